The summed E-state index contributed by atoms with van der Waals surface area (Å²) in [6.45, 7) is 0. The van der Waals surface area contributed by atoms with Gasteiger partial charge < -0.3 is 5.11 Å². The summed E-state index contributed by atoms with van der Waals surface area (Å²) in [5, 5.41) is 12.2. The van der Waals surface area contributed by atoms with Gasteiger partial charge in [-0.05, 0) is 6.07 Å². The van der Waals surface area contributed by atoms with Gasteiger partial charge in [0.05, 0.1) is 11.6 Å². The summed E-state index contributed by atoms with van der Waals surface area (Å²) in [6.07, 6.45) is -3.47. The number of aromatic nitrogens is 3. The Bertz CT molecular complexity index is 518. The van der Waals surface area contributed by atoms with E-state index in [9.17, 15) is 13.2 Å². The Hall–Kier alpha value is -1.79. The molecule has 0 atom stereocenters. The van der Waals surface area contributed by atoms with Crippen LogP contribution in [0.2, 0.25) is 0 Å². The van der Waals surface area contributed by atoms with Gasteiger partial charge in [0.15, 0.2) is 11.3 Å². The third-order valence-corrected chi connectivity index (χ3v) is 1.93. The summed E-state index contributed by atoms with van der Waals surface area (Å²) >= 11 is 0. The summed E-state index contributed by atoms with van der Waals surface area (Å²) in [5.41, 5.74) is -0.955. The number of halogens is 3. The van der Waals surface area contributed by atoms with Crippen LogP contribution in [0.3, 0.4) is 0 Å². The molecule has 2 aromatic rings. The van der Waals surface area contributed by atoms with Gasteiger partial charge in [0.1, 0.15) is 5.75 Å². The lowest BCUT2D eigenvalue weighted by Gasteiger charge is -2.01. The number of alkyl halides is 3. The van der Waals surface area contributed by atoms with E-state index < -0.39 is 11.9 Å². The lowest BCUT2D eigenvalue weighted by molar-refractivity contribution is -0.140. The van der Waals surface area contributed by atoms with Crippen molar-refractivity contribution >= 4 is 11.0 Å². The van der Waals surface area contributed by atoms with Gasteiger partial charge in [-0.15, -0.1) is 0 Å². The second-order valence-corrected chi connectivity index (χ2v) is 3.03. The largest absolute Gasteiger partial charge is 0.506 e. The number of nitrogens with zero attached hydrogens (tertiary/aromatic N) is 3. The first-order valence-electron chi connectivity index (χ1n) is 3.98. The molecule has 1 N–H and O–H groups in total. The van der Waals surface area contributed by atoms with Crippen molar-refractivity contribution in [2.45, 2.75) is 6.18 Å². The highest BCUT2D eigenvalue weighted by molar-refractivity contribution is 5.80. The maximum absolute atomic E-state index is 12.5. The van der Waals surface area contributed by atoms with Crippen molar-refractivity contribution in [2.24, 2.45) is 7.05 Å². The van der Waals surface area contributed by atoms with E-state index in [1.807, 2.05) is 0 Å². The van der Waals surface area contributed by atoms with Gasteiger partial charge in [-0.25, -0.2) is 9.67 Å². The smallest absolute Gasteiger partial charge is 0.435 e. The highest BCUT2D eigenvalue weighted by atomic mass is 19.4. The van der Waals surface area contributed by atoms with E-state index in [0.29, 0.717) is 0 Å². The lowest BCUT2D eigenvalue weighted by atomic mass is 10.2. The standard InChI is InChI=1S/C8H6F3N3O/c1-14-7-5(2-4(15)3-12-7)6(13-14)8(9,10)11/h2-3,15H,1H3. The number of aromatic hydroxyl groups is 1. The third kappa shape index (κ3) is 1.49. The number of rotatable bonds is 0. The number of aryl methyl sites for hydroxylation is 1. The normalized spacial score (nSPS) is 12.3. The van der Waals surface area contributed by atoms with Gasteiger partial charge in [0, 0.05) is 7.05 Å². The average Bonchev–Trinajstić information content (AvgIpc) is 2.42. The zero-order valence-corrected chi connectivity index (χ0v) is 7.58. The van der Waals surface area contributed by atoms with E-state index in [1.54, 1.807) is 0 Å². The summed E-state index contributed by atoms with van der Waals surface area (Å²) in [6, 6.07) is 0.998. The van der Waals surface area contributed by atoms with Gasteiger partial charge >= 0.3 is 6.18 Å². The maximum atomic E-state index is 12.5. The quantitative estimate of drug-likeness (QED) is 0.730. The minimum Gasteiger partial charge on any atom is -0.506 e. The maximum Gasteiger partial charge on any atom is 0.435 e. The Labute approximate surface area is 82.0 Å². The molecule has 0 bridgehead atoms. The number of pyridine rings is 1. The molecular weight excluding hydrogens is 211 g/mol. The Morgan fingerprint density at radius 1 is 1.40 bits per heavy atom. The highest BCUT2D eigenvalue weighted by Crippen LogP contribution is 2.34. The molecule has 0 aliphatic heterocycles. The van der Waals surface area contributed by atoms with Crippen LogP contribution in [0.1, 0.15) is 5.69 Å². The van der Waals surface area contributed by atoms with Crippen LogP contribution in [0, 0.1) is 0 Å². The SMILES string of the molecule is Cn1nc(C(F)(F)F)c2cc(O)cnc21. The van der Waals surface area contributed by atoms with E-state index in [1.165, 1.54) is 7.05 Å². The molecule has 0 aliphatic rings. The molecule has 2 heterocycles. The number of hydrogen-bond acceptors (Lipinski definition) is 3. The topological polar surface area (TPSA) is 50.9 Å². The highest BCUT2D eigenvalue weighted by Gasteiger charge is 2.36. The van der Waals surface area contributed by atoms with E-state index in [0.717, 1.165) is 16.9 Å². The van der Waals surface area contributed by atoms with E-state index >= 15 is 0 Å². The van der Waals surface area contributed by atoms with E-state index in [4.69, 9.17) is 5.11 Å². The van der Waals surface area contributed by atoms with Crippen molar-refractivity contribution in [2.75, 3.05) is 0 Å². The molecule has 0 aliphatic carbocycles. The Morgan fingerprint density at radius 2 is 2.07 bits per heavy atom. The average molecular weight is 217 g/mol. The zero-order chi connectivity index (χ0) is 11.2. The van der Waals surface area contributed by atoms with Gasteiger partial charge in [0.25, 0.3) is 0 Å². The van der Waals surface area contributed by atoms with Crippen LogP contribution in [-0.4, -0.2) is 19.9 Å². The van der Waals surface area contributed by atoms with E-state index in [-0.39, 0.29) is 16.8 Å². The van der Waals surface area contributed by atoms with Crippen LogP contribution in [-0.2, 0) is 13.2 Å². The predicted molar refractivity (Wildman–Crippen MR) is 45.2 cm³/mol. The number of hydrogen-bond donors (Lipinski definition) is 1. The molecule has 0 aromatic carbocycles. The van der Waals surface area contributed by atoms with Crippen molar-refractivity contribution in [1.29, 1.82) is 0 Å². The first-order valence-corrected chi connectivity index (χ1v) is 3.98. The van der Waals surface area contributed by atoms with Crippen molar-refractivity contribution in [3.63, 3.8) is 0 Å². The van der Waals surface area contributed by atoms with Gasteiger partial charge in [-0.1, -0.05) is 0 Å². The van der Waals surface area contributed by atoms with Crippen molar-refractivity contribution in [1.82, 2.24) is 14.8 Å². The molecule has 0 fully saturated rings. The molecule has 7 heteroatoms. The van der Waals surface area contributed by atoms with Crippen LogP contribution >= 0.6 is 0 Å². The fourth-order valence-corrected chi connectivity index (χ4v) is 1.34. The first kappa shape index (κ1) is 9.75. The second-order valence-electron chi connectivity index (χ2n) is 3.03. The molecular formula is C8H6F3N3O. The summed E-state index contributed by atoms with van der Waals surface area (Å²) in [7, 11) is 1.36. The summed E-state index contributed by atoms with van der Waals surface area (Å²) in [5.74, 6) is -0.319. The summed E-state index contributed by atoms with van der Waals surface area (Å²) < 4.78 is 38.5. The Balaban J connectivity index is 2.81. The fraction of sp³-hybridized carbons (Fsp3) is 0.250. The lowest BCUT2D eigenvalue weighted by Crippen LogP contribution is -2.06. The Morgan fingerprint density at radius 3 is 2.67 bits per heavy atom. The summed E-state index contributed by atoms with van der Waals surface area (Å²) in [4.78, 5) is 3.66. The van der Waals surface area contributed by atoms with E-state index in [2.05, 4.69) is 10.1 Å². The van der Waals surface area contributed by atoms with Gasteiger partial charge in [-0.2, -0.15) is 18.3 Å². The van der Waals surface area contributed by atoms with Crippen LogP contribution < -0.4 is 0 Å². The fourth-order valence-electron chi connectivity index (χ4n) is 1.34. The molecule has 4 nitrogen and oxygen atoms in total. The van der Waals surface area contributed by atoms with Crippen molar-refractivity contribution in [3.05, 3.63) is 18.0 Å². The molecule has 0 amide bonds. The van der Waals surface area contributed by atoms with Gasteiger partial charge in [0.2, 0.25) is 0 Å². The van der Waals surface area contributed by atoms with Crippen LogP contribution in [0.4, 0.5) is 13.2 Å². The molecule has 0 saturated carbocycles. The van der Waals surface area contributed by atoms with Crippen LogP contribution in [0.5, 0.6) is 5.75 Å². The molecule has 0 radical (unpaired) electrons. The second kappa shape index (κ2) is 2.85. The molecule has 0 saturated heterocycles. The molecule has 80 valence electrons. The number of fused-ring (bicyclic) bond motifs is 1. The zero-order valence-electron chi connectivity index (χ0n) is 7.58. The predicted octanol–water partition coefficient (Wildman–Crippen LogP) is 1.69. The van der Waals surface area contributed by atoms with Crippen molar-refractivity contribution in [3.8, 4) is 5.75 Å². The van der Waals surface area contributed by atoms with Gasteiger partial charge in [-0.3, -0.25) is 0 Å². The molecule has 0 spiro atoms. The first-order chi connectivity index (χ1) is 6.89. The minimum atomic E-state index is -4.55. The minimum absolute atomic E-state index is 0.0834. The van der Waals surface area contributed by atoms with Crippen molar-refractivity contribution < 1.29 is 18.3 Å². The monoisotopic (exact) mass is 217 g/mol. The molecule has 0 unspecified atom stereocenters. The molecule has 2 aromatic heterocycles. The molecule has 2 rings (SSSR count). The Kier molecular flexibility index (Phi) is 1.85. The van der Waals surface area contributed by atoms with Crippen LogP contribution in [0.25, 0.3) is 11.0 Å². The van der Waals surface area contributed by atoms with Crippen LogP contribution in [0.15, 0.2) is 12.3 Å². The third-order valence-electron chi connectivity index (χ3n) is 1.93. The molecule has 15 heavy (non-hydrogen) atoms.